The summed E-state index contributed by atoms with van der Waals surface area (Å²) in [6.07, 6.45) is 0. The summed E-state index contributed by atoms with van der Waals surface area (Å²) in [5.41, 5.74) is 4.41. The van der Waals surface area contributed by atoms with Gasteiger partial charge in [0.25, 0.3) is 0 Å². The number of hydrogen-bond acceptors (Lipinski definition) is 1. The van der Waals surface area contributed by atoms with Gasteiger partial charge in [-0.15, -0.1) is 11.6 Å². The third-order valence-corrected chi connectivity index (χ3v) is 3.44. The van der Waals surface area contributed by atoms with Gasteiger partial charge in [0.15, 0.2) is 0 Å². The van der Waals surface area contributed by atoms with Crippen LogP contribution in [-0.4, -0.2) is 0 Å². The third-order valence-electron chi connectivity index (χ3n) is 3.13. The lowest BCUT2D eigenvalue weighted by Gasteiger charge is -2.08. The van der Waals surface area contributed by atoms with E-state index in [0.29, 0.717) is 12.4 Å². The Kier molecular flexibility index (Phi) is 4.94. The Bertz CT molecular complexity index is 537. The highest BCUT2D eigenvalue weighted by molar-refractivity contribution is 6.17. The first-order chi connectivity index (χ1) is 9.19. The zero-order valence-corrected chi connectivity index (χ0v) is 11.7. The van der Waals surface area contributed by atoms with Crippen LogP contribution in [0.3, 0.4) is 0 Å². The molecule has 0 aliphatic heterocycles. The molecule has 0 unspecified atom stereocenters. The summed E-state index contributed by atoms with van der Waals surface area (Å²) in [5, 5.41) is 3.32. The van der Waals surface area contributed by atoms with Crippen LogP contribution in [0.2, 0.25) is 0 Å². The van der Waals surface area contributed by atoms with Gasteiger partial charge >= 0.3 is 0 Å². The summed E-state index contributed by atoms with van der Waals surface area (Å²) in [4.78, 5) is 0. The lowest BCUT2D eigenvalue weighted by Crippen LogP contribution is -2.13. The molecular formula is C16H17ClFN. The second-order valence-corrected chi connectivity index (χ2v) is 4.89. The van der Waals surface area contributed by atoms with Crippen LogP contribution >= 0.6 is 11.6 Å². The number of benzene rings is 2. The smallest absolute Gasteiger partial charge is 0.123 e. The van der Waals surface area contributed by atoms with Crippen molar-refractivity contribution in [2.75, 3.05) is 0 Å². The average Bonchev–Trinajstić information content (AvgIpc) is 2.43. The fourth-order valence-electron chi connectivity index (χ4n) is 1.92. The van der Waals surface area contributed by atoms with Gasteiger partial charge in [-0.1, -0.05) is 30.3 Å². The Labute approximate surface area is 118 Å². The van der Waals surface area contributed by atoms with Crippen molar-refractivity contribution in [2.45, 2.75) is 25.9 Å². The number of nitrogens with one attached hydrogen (secondary N) is 1. The molecule has 3 heteroatoms. The summed E-state index contributed by atoms with van der Waals surface area (Å²) in [6, 6.07) is 13.0. The van der Waals surface area contributed by atoms with Gasteiger partial charge in [-0.25, -0.2) is 4.39 Å². The third kappa shape index (κ3) is 4.05. The van der Waals surface area contributed by atoms with Crippen LogP contribution < -0.4 is 5.32 Å². The van der Waals surface area contributed by atoms with Gasteiger partial charge in [-0.05, 0) is 41.3 Å². The van der Waals surface area contributed by atoms with E-state index in [1.165, 1.54) is 11.6 Å². The molecule has 0 saturated heterocycles. The molecule has 0 bridgehead atoms. The van der Waals surface area contributed by atoms with E-state index in [2.05, 4.69) is 17.4 Å². The van der Waals surface area contributed by atoms with Gasteiger partial charge in [0, 0.05) is 19.0 Å². The van der Waals surface area contributed by atoms with Crippen molar-refractivity contribution in [1.29, 1.82) is 0 Å². The van der Waals surface area contributed by atoms with Gasteiger partial charge in [-0.2, -0.15) is 0 Å². The molecule has 0 heterocycles. The number of rotatable bonds is 5. The topological polar surface area (TPSA) is 12.0 Å². The van der Waals surface area contributed by atoms with Crippen molar-refractivity contribution in [3.8, 4) is 0 Å². The van der Waals surface area contributed by atoms with Crippen LogP contribution in [0.5, 0.6) is 0 Å². The quantitative estimate of drug-likeness (QED) is 0.809. The molecule has 2 aromatic rings. The van der Waals surface area contributed by atoms with E-state index >= 15 is 0 Å². The van der Waals surface area contributed by atoms with E-state index in [1.54, 1.807) is 6.07 Å². The average molecular weight is 278 g/mol. The predicted molar refractivity (Wildman–Crippen MR) is 77.7 cm³/mol. The van der Waals surface area contributed by atoms with Crippen LogP contribution in [0.4, 0.5) is 4.39 Å². The molecular weight excluding hydrogens is 261 g/mol. The van der Waals surface area contributed by atoms with Crippen LogP contribution in [0, 0.1) is 12.7 Å². The number of aryl methyl sites for hydroxylation is 1. The minimum atomic E-state index is -0.186. The molecule has 0 radical (unpaired) electrons. The Morgan fingerprint density at radius 1 is 1.00 bits per heavy atom. The Morgan fingerprint density at radius 3 is 2.37 bits per heavy atom. The molecule has 0 aliphatic carbocycles. The fourth-order valence-corrected chi connectivity index (χ4v) is 2.10. The van der Waals surface area contributed by atoms with Crippen molar-refractivity contribution in [2.24, 2.45) is 0 Å². The molecule has 19 heavy (non-hydrogen) atoms. The first kappa shape index (κ1) is 14.0. The molecule has 0 aliphatic rings. The van der Waals surface area contributed by atoms with Gasteiger partial charge < -0.3 is 5.32 Å². The second kappa shape index (κ2) is 6.69. The zero-order chi connectivity index (χ0) is 13.7. The van der Waals surface area contributed by atoms with E-state index in [1.807, 2.05) is 25.1 Å². The molecule has 0 fully saturated rings. The predicted octanol–water partition coefficient (Wildman–Crippen LogP) is 4.16. The normalized spacial score (nSPS) is 10.7. The van der Waals surface area contributed by atoms with Gasteiger partial charge in [0.2, 0.25) is 0 Å². The first-order valence-electron chi connectivity index (χ1n) is 6.28. The first-order valence-corrected chi connectivity index (χ1v) is 6.82. The maximum absolute atomic E-state index is 13.1. The summed E-state index contributed by atoms with van der Waals surface area (Å²) >= 11 is 5.74. The molecule has 0 amide bonds. The molecule has 100 valence electrons. The standard InChI is InChI=1S/C16H17ClFN/c1-12-2-7-16(18)8-15(12)11-19-10-14-5-3-13(9-17)4-6-14/h2-8,19H,9-11H2,1H3. The largest absolute Gasteiger partial charge is 0.309 e. The number of hydrogen-bond donors (Lipinski definition) is 1. The Morgan fingerprint density at radius 2 is 1.68 bits per heavy atom. The highest BCUT2D eigenvalue weighted by Gasteiger charge is 2.00. The maximum Gasteiger partial charge on any atom is 0.123 e. The minimum Gasteiger partial charge on any atom is -0.309 e. The lowest BCUT2D eigenvalue weighted by atomic mass is 10.1. The Hall–Kier alpha value is -1.38. The number of halogens is 2. The minimum absolute atomic E-state index is 0.186. The lowest BCUT2D eigenvalue weighted by molar-refractivity contribution is 0.619. The Balaban J connectivity index is 1.90. The molecule has 1 N–H and O–H groups in total. The van der Waals surface area contributed by atoms with E-state index < -0.39 is 0 Å². The molecule has 2 rings (SSSR count). The highest BCUT2D eigenvalue weighted by Crippen LogP contribution is 2.11. The molecule has 0 atom stereocenters. The fraction of sp³-hybridized carbons (Fsp3) is 0.250. The SMILES string of the molecule is Cc1ccc(F)cc1CNCc1ccc(CCl)cc1. The van der Waals surface area contributed by atoms with Gasteiger partial charge in [-0.3, -0.25) is 0 Å². The summed E-state index contributed by atoms with van der Waals surface area (Å²) < 4.78 is 13.1. The van der Waals surface area contributed by atoms with Crippen LogP contribution in [0.25, 0.3) is 0 Å². The van der Waals surface area contributed by atoms with Crippen LogP contribution in [0.15, 0.2) is 42.5 Å². The second-order valence-electron chi connectivity index (χ2n) is 4.62. The molecule has 0 saturated carbocycles. The summed E-state index contributed by atoms with van der Waals surface area (Å²) in [6.45, 7) is 3.42. The van der Waals surface area contributed by atoms with Crippen LogP contribution in [-0.2, 0) is 19.0 Å². The molecule has 2 aromatic carbocycles. The van der Waals surface area contributed by atoms with Gasteiger partial charge in [0.1, 0.15) is 5.82 Å². The molecule has 0 spiro atoms. The van der Waals surface area contributed by atoms with Crippen molar-refractivity contribution in [3.05, 3.63) is 70.5 Å². The molecule has 1 nitrogen and oxygen atoms in total. The van der Waals surface area contributed by atoms with Crippen molar-refractivity contribution in [1.82, 2.24) is 5.32 Å². The summed E-state index contributed by atoms with van der Waals surface area (Å²) in [5.74, 6) is 0.352. The van der Waals surface area contributed by atoms with E-state index in [9.17, 15) is 4.39 Å². The van der Waals surface area contributed by atoms with Crippen LogP contribution in [0.1, 0.15) is 22.3 Å². The van der Waals surface area contributed by atoms with Gasteiger partial charge in [0.05, 0.1) is 0 Å². The number of alkyl halides is 1. The van der Waals surface area contributed by atoms with Crippen molar-refractivity contribution >= 4 is 11.6 Å². The maximum atomic E-state index is 13.1. The monoisotopic (exact) mass is 277 g/mol. The summed E-state index contributed by atoms with van der Waals surface area (Å²) in [7, 11) is 0. The van der Waals surface area contributed by atoms with E-state index in [0.717, 1.165) is 23.2 Å². The van der Waals surface area contributed by atoms with E-state index in [4.69, 9.17) is 11.6 Å². The van der Waals surface area contributed by atoms with Crippen molar-refractivity contribution < 1.29 is 4.39 Å². The highest BCUT2D eigenvalue weighted by atomic mass is 35.5. The molecule has 0 aromatic heterocycles. The van der Waals surface area contributed by atoms with E-state index in [-0.39, 0.29) is 5.82 Å². The van der Waals surface area contributed by atoms with Crippen molar-refractivity contribution in [3.63, 3.8) is 0 Å². The zero-order valence-electron chi connectivity index (χ0n) is 10.9.